The van der Waals surface area contributed by atoms with Crippen molar-refractivity contribution in [3.8, 4) is 5.75 Å². The highest BCUT2D eigenvalue weighted by Crippen LogP contribution is 2.29. The Balaban J connectivity index is 3.13. The van der Waals surface area contributed by atoms with Gasteiger partial charge in [0, 0.05) is 10.0 Å². The summed E-state index contributed by atoms with van der Waals surface area (Å²) in [5.74, 6) is 0.891. The minimum Gasteiger partial charge on any atom is -0.496 e. The Labute approximate surface area is 81.2 Å². The molecule has 1 nitrogen and oxygen atoms in total. The minimum absolute atomic E-state index is 0.891. The van der Waals surface area contributed by atoms with Crippen LogP contribution < -0.4 is 4.74 Å². The summed E-state index contributed by atoms with van der Waals surface area (Å²) in [7, 11) is 1.68. The lowest BCUT2D eigenvalue weighted by Crippen LogP contribution is -1.87. The molecule has 0 fully saturated rings. The number of benzene rings is 1. The molecule has 0 amide bonds. The van der Waals surface area contributed by atoms with Gasteiger partial charge in [0.15, 0.2) is 0 Å². The van der Waals surface area contributed by atoms with E-state index in [4.69, 9.17) is 4.74 Å². The average Bonchev–Trinajstić information content (AvgIpc) is 2.16. The Morgan fingerprint density at radius 3 is 2.67 bits per heavy atom. The van der Waals surface area contributed by atoms with Crippen molar-refractivity contribution in [2.24, 2.45) is 0 Å². The molecule has 2 heteroatoms. The quantitative estimate of drug-likeness (QED) is 0.751. The number of ether oxygens (including phenoxy) is 1. The Hall–Kier alpha value is -0.760. The van der Waals surface area contributed by atoms with Crippen molar-refractivity contribution in [3.63, 3.8) is 0 Å². The zero-order valence-corrected chi connectivity index (χ0v) is 8.76. The van der Waals surface area contributed by atoms with Crippen LogP contribution in [-0.4, -0.2) is 7.11 Å². The molecule has 12 heavy (non-hydrogen) atoms. The van der Waals surface area contributed by atoms with Gasteiger partial charge in [-0.15, -0.1) is 0 Å². The number of methoxy groups -OCH3 is 1. The van der Waals surface area contributed by atoms with Gasteiger partial charge in [0.25, 0.3) is 0 Å². The molecule has 0 saturated carbocycles. The number of hydrogen-bond donors (Lipinski definition) is 0. The lowest BCUT2D eigenvalue weighted by molar-refractivity contribution is 0.414. The molecule has 1 aromatic rings. The van der Waals surface area contributed by atoms with Gasteiger partial charge < -0.3 is 4.74 Å². The number of para-hydroxylation sites is 1. The first-order valence-corrected chi connectivity index (χ1v) is 4.54. The summed E-state index contributed by atoms with van der Waals surface area (Å²) >= 11 is 3.46. The van der Waals surface area contributed by atoms with Crippen LogP contribution in [0, 0.1) is 0 Å². The van der Waals surface area contributed by atoms with E-state index in [9.17, 15) is 0 Å². The van der Waals surface area contributed by atoms with E-state index in [1.807, 2.05) is 37.3 Å². The van der Waals surface area contributed by atoms with E-state index in [2.05, 4.69) is 15.9 Å². The molecular weight excluding hydrogens is 216 g/mol. The standard InChI is InChI=1S/C10H11BrO/c1-3-9(11)8-6-4-5-7-10(8)12-2/h3-7H,1-2H3/b9-3+. The molecule has 0 bridgehead atoms. The van der Waals surface area contributed by atoms with Gasteiger partial charge in [-0.1, -0.05) is 40.2 Å². The second-order valence-electron chi connectivity index (χ2n) is 2.34. The molecule has 1 aromatic carbocycles. The molecule has 0 aliphatic heterocycles. The molecule has 0 unspecified atom stereocenters. The molecular formula is C10H11BrO. The van der Waals surface area contributed by atoms with E-state index >= 15 is 0 Å². The van der Waals surface area contributed by atoms with Gasteiger partial charge in [0.05, 0.1) is 7.11 Å². The molecule has 0 spiro atoms. The molecule has 0 heterocycles. The number of rotatable bonds is 2. The second kappa shape index (κ2) is 4.31. The van der Waals surface area contributed by atoms with Crippen LogP contribution in [0.15, 0.2) is 30.3 Å². The van der Waals surface area contributed by atoms with Crippen molar-refractivity contribution < 1.29 is 4.74 Å². The Morgan fingerprint density at radius 2 is 2.08 bits per heavy atom. The Kier molecular flexibility index (Phi) is 3.35. The summed E-state index contributed by atoms with van der Waals surface area (Å²) in [6.45, 7) is 1.98. The molecule has 1 rings (SSSR count). The SMILES string of the molecule is C/C=C(/Br)c1ccccc1OC. The molecule has 64 valence electrons. The predicted molar refractivity (Wildman–Crippen MR) is 55.6 cm³/mol. The van der Waals surface area contributed by atoms with Crippen LogP contribution in [0.2, 0.25) is 0 Å². The summed E-state index contributed by atoms with van der Waals surface area (Å²) in [6, 6.07) is 7.91. The van der Waals surface area contributed by atoms with Gasteiger partial charge in [-0.05, 0) is 13.0 Å². The fourth-order valence-electron chi connectivity index (χ4n) is 0.997. The molecule has 0 aromatic heterocycles. The van der Waals surface area contributed by atoms with E-state index in [-0.39, 0.29) is 0 Å². The van der Waals surface area contributed by atoms with Gasteiger partial charge >= 0.3 is 0 Å². The first-order valence-electron chi connectivity index (χ1n) is 3.74. The van der Waals surface area contributed by atoms with Crippen LogP contribution >= 0.6 is 15.9 Å². The van der Waals surface area contributed by atoms with Gasteiger partial charge in [-0.25, -0.2) is 0 Å². The van der Waals surface area contributed by atoms with Crippen molar-refractivity contribution in [1.82, 2.24) is 0 Å². The summed E-state index contributed by atoms with van der Waals surface area (Å²) in [4.78, 5) is 0. The Morgan fingerprint density at radius 1 is 1.42 bits per heavy atom. The van der Waals surface area contributed by atoms with Gasteiger partial charge in [0.2, 0.25) is 0 Å². The minimum atomic E-state index is 0.891. The smallest absolute Gasteiger partial charge is 0.127 e. The highest BCUT2D eigenvalue weighted by Gasteiger charge is 2.02. The third-order valence-electron chi connectivity index (χ3n) is 1.62. The summed E-state index contributed by atoms with van der Waals surface area (Å²) in [5.41, 5.74) is 1.09. The van der Waals surface area contributed by atoms with Crippen molar-refractivity contribution in [2.75, 3.05) is 7.11 Å². The normalized spacial score (nSPS) is 11.4. The molecule has 0 atom stereocenters. The Bertz CT molecular complexity index is 292. The monoisotopic (exact) mass is 226 g/mol. The number of allylic oxidation sites excluding steroid dienone is 1. The van der Waals surface area contributed by atoms with Crippen LogP contribution in [0.1, 0.15) is 12.5 Å². The average molecular weight is 227 g/mol. The first-order chi connectivity index (χ1) is 5.79. The highest BCUT2D eigenvalue weighted by molar-refractivity contribution is 9.15. The highest BCUT2D eigenvalue weighted by atomic mass is 79.9. The zero-order chi connectivity index (χ0) is 8.97. The lowest BCUT2D eigenvalue weighted by Gasteiger charge is -2.05. The van der Waals surface area contributed by atoms with Crippen molar-refractivity contribution in [1.29, 1.82) is 0 Å². The lowest BCUT2D eigenvalue weighted by atomic mass is 10.2. The van der Waals surface area contributed by atoms with Crippen LogP contribution in [0.25, 0.3) is 4.48 Å². The third kappa shape index (κ3) is 1.89. The summed E-state index contributed by atoms with van der Waals surface area (Å²) in [6.07, 6.45) is 2.00. The van der Waals surface area contributed by atoms with Crippen LogP contribution in [-0.2, 0) is 0 Å². The van der Waals surface area contributed by atoms with Gasteiger partial charge in [-0.2, -0.15) is 0 Å². The van der Waals surface area contributed by atoms with Crippen molar-refractivity contribution in [3.05, 3.63) is 35.9 Å². The summed E-state index contributed by atoms with van der Waals surface area (Å²) in [5, 5.41) is 0. The van der Waals surface area contributed by atoms with E-state index in [0.29, 0.717) is 0 Å². The maximum atomic E-state index is 5.20. The van der Waals surface area contributed by atoms with Gasteiger partial charge in [0.1, 0.15) is 5.75 Å². The molecule has 0 radical (unpaired) electrons. The van der Waals surface area contributed by atoms with Gasteiger partial charge in [-0.3, -0.25) is 0 Å². The van der Waals surface area contributed by atoms with E-state index in [0.717, 1.165) is 15.8 Å². The molecule has 0 N–H and O–H groups in total. The van der Waals surface area contributed by atoms with Crippen LogP contribution in [0.3, 0.4) is 0 Å². The van der Waals surface area contributed by atoms with Crippen LogP contribution in [0.4, 0.5) is 0 Å². The second-order valence-corrected chi connectivity index (χ2v) is 3.19. The number of halogens is 1. The van der Waals surface area contributed by atoms with E-state index in [1.165, 1.54) is 0 Å². The topological polar surface area (TPSA) is 9.23 Å². The fraction of sp³-hybridized carbons (Fsp3) is 0.200. The maximum absolute atomic E-state index is 5.20. The summed E-state index contributed by atoms with van der Waals surface area (Å²) < 4.78 is 6.25. The van der Waals surface area contributed by atoms with Crippen LogP contribution in [0.5, 0.6) is 5.75 Å². The van der Waals surface area contributed by atoms with Crippen molar-refractivity contribution in [2.45, 2.75) is 6.92 Å². The molecule has 0 saturated heterocycles. The first kappa shape index (κ1) is 9.33. The maximum Gasteiger partial charge on any atom is 0.127 e. The third-order valence-corrected chi connectivity index (χ3v) is 2.50. The molecule has 0 aliphatic carbocycles. The fourth-order valence-corrected chi connectivity index (χ4v) is 1.33. The van der Waals surface area contributed by atoms with Crippen molar-refractivity contribution >= 4 is 20.4 Å². The number of hydrogen-bond acceptors (Lipinski definition) is 1. The molecule has 0 aliphatic rings. The predicted octanol–water partition coefficient (Wildman–Crippen LogP) is 3.45. The zero-order valence-electron chi connectivity index (χ0n) is 7.17. The largest absolute Gasteiger partial charge is 0.496 e. The van der Waals surface area contributed by atoms with E-state index in [1.54, 1.807) is 7.11 Å². The van der Waals surface area contributed by atoms with E-state index < -0.39 is 0 Å².